The molecule has 4 atom stereocenters. The molecule has 2 heterocycles. The van der Waals surface area contributed by atoms with Crippen molar-refractivity contribution in [3.05, 3.63) is 68.9 Å². The fourth-order valence-corrected chi connectivity index (χ4v) is 5.69. The molecule has 3 aliphatic rings. The number of aromatic nitrogens is 2. The number of nitrogen functional groups attached to an aromatic ring is 1. The van der Waals surface area contributed by atoms with Gasteiger partial charge in [0.05, 0.1) is 18.4 Å². The van der Waals surface area contributed by atoms with E-state index in [0.29, 0.717) is 6.42 Å². The lowest BCUT2D eigenvalue weighted by Gasteiger charge is -2.26. The predicted molar refractivity (Wildman–Crippen MR) is 128 cm³/mol. The van der Waals surface area contributed by atoms with E-state index in [1.54, 1.807) is 0 Å². The highest BCUT2D eigenvalue weighted by Crippen LogP contribution is 2.52. The molecular weight excluding hydrogens is 450 g/mol. The Kier molecular flexibility index (Phi) is 5.66. The molecule has 5 rings (SSSR count). The number of benzene rings is 1. The van der Waals surface area contributed by atoms with Crippen molar-refractivity contribution < 1.29 is 14.4 Å². The Morgan fingerprint density at radius 1 is 1.06 bits per heavy atom. The van der Waals surface area contributed by atoms with Gasteiger partial charge in [0.2, 0.25) is 17.7 Å². The van der Waals surface area contributed by atoms with Crippen LogP contribution < -0.4 is 21.9 Å². The van der Waals surface area contributed by atoms with Gasteiger partial charge >= 0.3 is 5.69 Å². The summed E-state index contributed by atoms with van der Waals surface area (Å²) in [6.07, 6.45) is 5.26. The number of anilines is 2. The van der Waals surface area contributed by atoms with Crippen molar-refractivity contribution in [2.24, 2.45) is 23.7 Å². The third-order valence-electron chi connectivity index (χ3n) is 7.27. The Labute approximate surface area is 201 Å². The molecule has 10 nitrogen and oxygen atoms in total. The topological polar surface area (TPSA) is 139 Å². The first-order valence-electron chi connectivity index (χ1n) is 11.8. The highest BCUT2D eigenvalue weighted by molar-refractivity contribution is 6.10. The summed E-state index contributed by atoms with van der Waals surface area (Å²) in [7, 11) is 0. The molecule has 1 aliphatic heterocycles. The van der Waals surface area contributed by atoms with Gasteiger partial charge in [-0.25, -0.2) is 4.79 Å². The molecule has 0 radical (unpaired) electrons. The van der Waals surface area contributed by atoms with Crippen LogP contribution in [0.3, 0.4) is 0 Å². The second kappa shape index (κ2) is 8.68. The zero-order chi connectivity index (χ0) is 24.9. The van der Waals surface area contributed by atoms with Gasteiger partial charge < -0.3 is 10.6 Å². The predicted octanol–water partition coefficient (Wildman–Crippen LogP) is 0.717. The van der Waals surface area contributed by atoms with E-state index in [1.807, 2.05) is 49.4 Å². The van der Waals surface area contributed by atoms with Crippen molar-refractivity contribution >= 4 is 29.2 Å². The van der Waals surface area contributed by atoms with Crippen LogP contribution in [0, 0.1) is 23.7 Å². The number of imide groups is 1. The maximum absolute atomic E-state index is 13.4. The number of hydrogen-bond donors (Lipinski definition) is 2. The minimum atomic E-state index is -0.795. The molecule has 1 aromatic heterocycles. The first-order valence-corrected chi connectivity index (χ1v) is 11.8. The van der Waals surface area contributed by atoms with Gasteiger partial charge in [-0.2, -0.15) is 0 Å². The van der Waals surface area contributed by atoms with E-state index in [9.17, 15) is 24.0 Å². The Morgan fingerprint density at radius 2 is 1.69 bits per heavy atom. The summed E-state index contributed by atoms with van der Waals surface area (Å²) in [5, 5.41) is 0. The molecule has 35 heavy (non-hydrogen) atoms. The molecule has 1 saturated heterocycles. The van der Waals surface area contributed by atoms with Crippen LogP contribution in [0.2, 0.25) is 0 Å². The molecule has 182 valence electrons. The summed E-state index contributed by atoms with van der Waals surface area (Å²) in [5.74, 6) is -2.17. The lowest BCUT2D eigenvalue weighted by atomic mass is 9.85. The summed E-state index contributed by atoms with van der Waals surface area (Å²) in [6.45, 7) is 1.59. The first-order chi connectivity index (χ1) is 16.8. The third kappa shape index (κ3) is 3.69. The SMILES string of the molecule is CCCN(C(=O)CN1C(=O)C2C3C=CC(C3)C2C1=O)c1c(N)n(Cc2ccccc2)c(=O)[nH]c1=O. The van der Waals surface area contributed by atoms with Crippen LogP contribution in [0.4, 0.5) is 11.5 Å². The molecule has 2 aromatic rings. The van der Waals surface area contributed by atoms with E-state index in [0.717, 1.165) is 16.9 Å². The Balaban J connectivity index is 1.45. The summed E-state index contributed by atoms with van der Waals surface area (Å²) >= 11 is 0. The maximum Gasteiger partial charge on any atom is 0.330 e. The lowest BCUT2D eigenvalue weighted by molar-refractivity contribution is -0.143. The first kappa shape index (κ1) is 22.8. The maximum atomic E-state index is 13.4. The minimum absolute atomic E-state index is 0.0355. The number of likely N-dealkylation sites (tertiary alicyclic amines) is 1. The monoisotopic (exact) mass is 477 g/mol. The van der Waals surface area contributed by atoms with Crippen LogP contribution in [0.15, 0.2) is 52.1 Å². The number of carbonyl (C=O) groups excluding carboxylic acids is 3. The molecule has 10 heteroatoms. The molecule has 2 bridgehead atoms. The van der Waals surface area contributed by atoms with Crippen molar-refractivity contribution in [3.8, 4) is 0 Å². The largest absolute Gasteiger partial charge is 0.383 e. The molecule has 4 unspecified atom stereocenters. The van der Waals surface area contributed by atoms with E-state index in [-0.39, 0.29) is 48.2 Å². The van der Waals surface area contributed by atoms with Crippen molar-refractivity contribution in [1.29, 1.82) is 0 Å². The number of carbonyl (C=O) groups is 3. The van der Waals surface area contributed by atoms with E-state index < -0.39 is 35.5 Å². The molecule has 2 fully saturated rings. The number of H-pyrrole nitrogens is 1. The van der Waals surface area contributed by atoms with Crippen molar-refractivity contribution in [2.75, 3.05) is 23.7 Å². The number of amides is 3. The number of nitrogens with two attached hydrogens (primary N) is 1. The van der Waals surface area contributed by atoms with Crippen molar-refractivity contribution in [3.63, 3.8) is 0 Å². The highest BCUT2D eigenvalue weighted by Gasteiger charge is 2.59. The van der Waals surface area contributed by atoms with E-state index in [1.165, 1.54) is 9.47 Å². The normalized spacial score (nSPS) is 24.3. The van der Waals surface area contributed by atoms with Gasteiger partial charge in [0, 0.05) is 6.54 Å². The van der Waals surface area contributed by atoms with Gasteiger partial charge in [0.15, 0.2) is 5.69 Å². The quantitative estimate of drug-likeness (QED) is 0.445. The standard InChI is InChI=1S/C25H27N5O5/c1-2-10-28(17(31)13-30-23(33)18-15-8-9-16(11-15)19(18)24(30)34)20-21(26)29(25(35)27-22(20)32)12-14-6-4-3-5-7-14/h3-9,15-16,18-19H,2,10-13,26H2,1H3,(H,27,32,35). The van der Waals surface area contributed by atoms with Crippen LogP contribution in [0.25, 0.3) is 0 Å². The number of fused-ring (bicyclic) bond motifs is 5. The number of aromatic amines is 1. The van der Waals surface area contributed by atoms with Gasteiger partial charge in [0.1, 0.15) is 12.4 Å². The van der Waals surface area contributed by atoms with E-state index in [4.69, 9.17) is 5.73 Å². The van der Waals surface area contributed by atoms with Crippen molar-refractivity contribution in [1.82, 2.24) is 14.5 Å². The Bertz CT molecular complexity index is 1310. The minimum Gasteiger partial charge on any atom is -0.383 e. The molecule has 2 aliphatic carbocycles. The average Bonchev–Trinajstić information content (AvgIpc) is 3.52. The third-order valence-corrected chi connectivity index (χ3v) is 7.27. The molecular formula is C25H27N5O5. The molecule has 1 aromatic carbocycles. The fraction of sp³-hybridized carbons (Fsp3) is 0.400. The second-order valence-electron chi connectivity index (χ2n) is 9.37. The smallest absolute Gasteiger partial charge is 0.330 e. The number of allylic oxidation sites excluding steroid dienone is 2. The fourth-order valence-electron chi connectivity index (χ4n) is 5.69. The van der Waals surface area contributed by atoms with E-state index in [2.05, 4.69) is 4.98 Å². The molecule has 0 spiro atoms. The summed E-state index contributed by atoms with van der Waals surface area (Å²) < 4.78 is 1.20. The summed E-state index contributed by atoms with van der Waals surface area (Å²) in [6, 6.07) is 9.10. The number of rotatable bonds is 7. The second-order valence-corrected chi connectivity index (χ2v) is 9.37. The molecule has 3 amide bonds. The van der Waals surface area contributed by atoms with Gasteiger partial charge in [-0.15, -0.1) is 0 Å². The number of nitrogens with one attached hydrogen (secondary N) is 1. The highest BCUT2D eigenvalue weighted by atomic mass is 16.2. The zero-order valence-electron chi connectivity index (χ0n) is 19.3. The van der Waals surface area contributed by atoms with Crippen LogP contribution in [0.1, 0.15) is 25.3 Å². The summed E-state index contributed by atoms with van der Waals surface area (Å²) in [4.78, 5) is 69.3. The number of nitrogens with zero attached hydrogens (tertiary/aromatic N) is 3. The van der Waals surface area contributed by atoms with Crippen molar-refractivity contribution in [2.45, 2.75) is 26.3 Å². The Morgan fingerprint density at radius 3 is 2.29 bits per heavy atom. The van der Waals surface area contributed by atoms with E-state index >= 15 is 0 Å². The summed E-state index contributed by atoms with van der Waals surface area (Å²) in [5.41, 5.74) is 5.42. The van der Waals surface area contributed by atoms with Gasteiger partial charge in [-0.05, 0) is 30.2 Å². The van der Waals surface area contributed by atoms with Crippen LogP contribution in [-0.4, -0.2) is 45.3 Å². The van der Waals surface area contributed by atoms with Crippen LogP contribution >= 0.6 is 0 Å². The van der Waals surface area contributed by atoms with Gasteiger partial charge in [0.25, 0.3) is 5.56 Å². The van der Waals surface area contributed by atoms with Crippen LogP contribution in [-0.2, 0) is 20.9 Å². The van der Waals surface area contributed by atoms with Gasteiger partial charge in [-0.1, -0.05) is 49.4 Å². The lowest BCUT2D eigenvalue weighted by Crippen LogP contribution is -2.47. The Hall–Kier alpha value is -3.95. The zero-order valence-corrected chi connectivity index (χ0v) is 19.3. The average molecular weight is 478 g/mol. The molecule has 1 saturated carbocycles. The number of hydrogen-bond acceptors (Lipinski definition) is 6. The molecule has 3 N–H and O–H groups in total. The van der Waals surface area contributed by atoms with Gasteiger partial charge in [-0.3, -0.25) is 33.6 Å². The van der Waals surface area contributed by atoms with Crippen LogP contribution in [0.5, 0.6) is 0 Å².